The molecule has 152 valence electrons. The summed E-state index contributed by atoms with van der Waals surface area (Å²) >= 11 is 0. The molecular weight excluding hydrogens is 370 g/mol. The fourth-order valence-corrected chi connectivity index (χ4v) is 3.54. The van der Waals surface area contributed by atoms with Crippen LogP contribution in [0.1, 0.15) is 29.4 Å². The summed E-state index contributed by atoms with van der Waals surface area (Å²) in [5.74, 6) is 1.39. The van der Waals surface area contributed by atoms with Crippen LogP contribution >= 0.6 is 0 Å². The Labute approximate surface area is 169 Å². The van der Waals surface area contributed by atoms with Gasteiger partial charge >= 0.3 is 0 Å². The molecule has 1 fully saturated rings. The number of anilines is 2. The Bertz CT molecular complexity index is 1020. The van der Waals surface area contributed by atoms with E-state index in [9.17, 15) is 4.79 Å². The number of aryl methyl sites for hydroxylation is 1. The van der Waals surface area contributed by atoms with Gasteiger partial charge < -0.3 is 24.7 Å². The molecule has 9 nitrogen and oxygen atoms in total. The maximum absolute atomic E-state index is 12.9. The molecule has 1 amide bonds. The fourth-order valence-electron chi connectivity index (χ4n) is 3.54. The SMILES string of the molecule is CCOc1cc2nc(C)cn2cc1C(=O)Nc1ccc(N2CC[C@H](NC)C2)nn1. The highest BCUT2D eigenvalue weighted by atomic mass is 16.5. The van der Waals surface area contributed by atoms with E-state index in [1.165, 1.54) is 0 Å². The highest BCUT2D eigenvalue weighted by Gasteiger charge is 2.22. The predicted molar refractivity (Wildman–Crippen MR) is 111 cm³/mol. The van der Waals surface area contributed by atoms with Gasteiger partial charge in [0.1, 0.15) is 11.4 Å². The Morgan fingerprint density at radius 2 is 2.17 bits per heavy atom. The van der Waals surface area contributed by atoms with Gasteiger partial charge in [-0.05, 0) is 39.4 Å². The van der Waals surface area contributed by atoms with Gasteiger partial charge in [0, 0.05) is 37.6 Å². The molecule has 0 saturated carbocycles. The Hall–Kier alpha value is -3.20. The van der Waals surface area contributed by atoms with Crippen molar-refractivity contribution in [2.24, 2.45) is 0 Å². The summed E-state index contributed by atoms with van der Waals surface area (Å²) in [6, 6.07) is 5.89. The molecule has 3 aromatic rings. The first-order valence-corrected chi connectivity index (χ1v) is 9.77. The van der Waals surface area contributed by atoms with Crippen molar-refractivity contribution in [2.45, 2.75) is 26.3 Å². The van der Waals surface area contributed by atoms with E-state index in [0.29, 0.717) is 29.8 Å². The molecular formula is C20H25N7O2. The molecule has 3 aromatic heterocycles. The van der Waals surface area contributed by atoms with E-state index in [0.717, 1.165) is 36.7 Å². The summed E-state index contributed by atoms with van der Waals surface area (Å²) in [5, 5.41) is 14.5. The number of likely N-dealkylation sites (N-methyl/N-ethyl adjacent to an activating group) is 1. The van der Waals surface area contributed by atoms with Gasteiger partial charge in [0.05, 0.1) is 17.9 Å². The zero-order valence-electron chi connectivity index (χ0n) is 16.8. The second-order valence-corrected chi connectivity index (χ2v) is 7.08. The molecule has 4 heterocycles. The normalized spacial score (nSPS) is 16.4. The van der Waals surface area contributed by atoms with E-state index in [-0.39, 0.29) is 5.91 Å². The molecule has 29 heavy (non-hydrogen) atoms. The van der Waals surface area contributed by atoms with Crippen LogP contribution in [-0.4, -0.2) is 58.3 Å². The summed E-state index contributed by atoms with van der Waals surface area (Å²) in [5.41, 5.74) is 2.02. The lowest BCUT2D eigenvalue weighted by Crippen LogP contribution is -2.30. The molecule has 0 aromatic carbocycles. The third-order valence-corrected chi connectivity index (χ3v) is 5.03. The Morgan fingerprint density at radius 3 is 2.86 bits per heavy atom. The Morgan fingerprint density at radius 1 is 1.31 bits per heavy atom. The van der Waals surface area contributed by atoms with Gasteiger partial charge in [0.25, 0.3) is 5.91 Å². The molecule has 0 spiro atoms. The molecule has 0 unspecified atom stereocenters. The molecule has 0 radical (unpaired) electrons. The van der Waals surface area contributed by atoms with Gasteiger partial charge in [-0.1, -0.05) is 0 Å². The third-order valence-electron chi connectivity index (χ3n) is 5.03. The topological polar surface area (TPSA) is 96.7 Å². The number of nitrogens with one attached hydrogen (secondary N) is 2. The maximum atomic E-state index is 12.9. The van der Waals surface area contributed by atoms with Crippen molar-refractivity contribution in [1.29, 1.82) is 0 Å². The van der Waals surface area contributed by atoms with E-state index in [4.69, 9.17) is 4.74 Å². The number of pyridine rings is 1. The quantitative estimate of drug-likeness (QED) is 0.658. The summed E-state index contributed by atoms with van der Waals surface area (Å²) in [6.45, 7) is 6.08. The van der Waals surface area contributed by atoms with Crippen molar-refractivity contribution >= 4 is 23.2 Å². The van der Waals surface area contributed by atoms with Crippen LogP contribution in [0.2, 0.25) is 0 Å². The van der Waals surface area contributed by atoms with Gasteiger partial charge in [0.2, 0.25) is 0 Å². The molecule has 2 N–H and O–H groups in total. The number of nitrogens with zero attached hydrogens (tertiary/aromatic N) is 5. The number of amides is 1. The number of rotatable bonds is 6. The van der Waals surface area contributed by atoms with Gasteiger partial charge in [0.15, 0.2) is 11.6 Å². The summed E-state index contributed by atoms with van der Waals surface area (Å²) in [7, 11) is 1.97. The summed E-state index contributed by atoms with van der Waals surface area (Å²) in [6.07, 6.45) is 4.66. The van der Waals surface area contributed by atoms with Crippen molar-refractivity contribution in [1.82, 2.24) is 24.9 Å². The number of aromatic nitrogens is 4. The van der Waals surface area contributed by atoms with Crippen LogP contribution in [0, 0.1) is 6.92 Å². The molecule has 1 saturated heterocycles. The van der Waals surface area contributed by atoms with E-state index in [1.54, 1.807) is 18.3 Å². The average molecular weight is 395 g/mol. The van der Waals surface area contributed by atoms with Crippen molar-refractivity contribution < 1.29 is 9.53 Å². The number of carbonyl (C=O) groups is 1. The minimum Gasteiger partial charge on any atom is -0.493 e. The van der Waals surface area contributed by atoms with E-state index in [1.807, 2.05) is 37.6 Å². The second kappa shape index (κ2) is 8.04. The van der Waals surface area contributed by atoms with Crippen LogP contribution < -0.4 is 20.3 Å². The van der Waals surface area contributed by atoms with Crippen molar-refractivity contribution in [3.63, 3.8) is 0 Å². The van der Waals surface area contributed by atoms with Gasteiger partial charge in [-0.15, -0.1) is 10.2 Å². The predicted octanol–water partition coefficient (Wildman–Crippen LogP) is 1.88. The lowest BCUT2D eigenvalue weighted by molar-refractivity contribution is 0.102. The van der Waals surface area contributed by atoms with Crippen LogP contribution in [0.4, 0.5) is 11.6 Å². The number of ether oxygens (including phenoxy) is 1. The second-order valence-electron chi connectivity index (χ2n) is 7.08. The van der Waals surface area contributed by atoms with Crippen LogP contribution in [-0.2, 0) is 0 Å². The lowest BCUT2D eigenvalue weighted by atomic mass is 10.2. The fraction of sp³-hybridized carbons (Fsp3) is 0.400. The Balaban J connectivity index is 1.52. The van der Waals surface area contributed by atoms with E-state index < -0.39 is 0 Å². The first-order valence-electron chi connectivity index (χ1n) is 9.77. The lowest BCUT2D eigenvalue weighted by Gasteiger charge is -2.17. The monoisotopic (exact) mass is 395 g/mol. The van der Waals surface area contributed by atoms with Crippen LogP contribution in [0.3, 0.4) is 0 Å². The van der Waals surface area contributed by atoms with Crippen LogP contribution in [0.15, 0.2) is 30.6 Å². The van der Waals surface area contributed by atoms with Crippen molar-refractivity contribution in [3.8, 4) is 5.75 Å². The van der Waals surface area contributed by atoms with Crippen molar-refractivity contribution in [3.05, 3.63) is 41.9 Å². The third kappa shape index (κ3) is 4.00. The first-order chi connectivity index (χ1) is 14.1. The zero-order valence-corrected chi connectivity index (χ0v) is 16.8. The van der Waals surface area contributed by atoms with Gasteiger partial charge in [-0.25, -0.2) is 4.98 Å². The number of hydrogen-bond donors (Lipinski definition) is 2. The van der Waals surface area contributed by atoms with E-state index in [2.05, 4.69) is 30.7 Å². The molecule has 0 aliphatic carbocycles. The average Bonchev–Trinajstić information content (AvgIpc) is 3.33. The minimum absolute atomic E-state index is 0.305. The summed E-state index contributed by atoms with van der Waals surface area (Å²) < 4.78 is 7.47. The highest BCUT2D eigenvalue weighted by Crippen LogP contribution is 2.23. The smallest absolute Gasteiger partial charge is 0.262 e. The Kier molecular flexibility index (Phi) is 5.30. The largest absolute Gasteiger partial charge is 0.493 e. The van der Waals surface area contributed by atoms with Crippen LogP contribution in [0.5, 0.6) is 5.75 Å². The first kappa shape index (κ1) is 19.1. The minimum atomic E-state index is -0.305. The summed E-state index contributed by atoms with van der Waals surface area (Å²) in [4.78, 5) is 19.5. The number of carbonyl (C=O) groups excluding carboxylic acids is 1. The van der Waals surface area contributed by atoms with Crippen molar-refractivity contribution in [2.75, 3.05) is 37.0 Å². The molecule has 1 aliphatic rings. The van der Waals surface area contributed by atoms with Gasteiger partial charge in [-0.2, -0.15) is 0 Å². The number of fused-ring (bicyclic) bond motifs is 1. The molecule has 1 aliphatic heterocycles. The highest BCUT2D eigenvalue weighted by molar-refractivity contribution is 6.05. The van der Waals surface area contributed by atoms with Crippen LogP contribution in [0.25, 0.3) is 5.65 Å². The molecule has 0 bridgehead atoms. The molecule has 4 rings (SSSR count). The molecule has 9 heteroatoms. The zero-order chi connectivity index (χ0) is 20.4. The standard InChI is InChI=1S/C20H25N7O2/c1-4-29-16-9-19-22-13(2)10-27(19)12-15(16)20(28)23-17-5-6-18(25-24-17)26-8-7-14(11-26)21-3/h5-6,9-10,12,14,21H,4,7-8,11H2,1-3H3,(H,23,24,28)/t14-/m0/s1. The maximum Gasteiger partial charge on any atom is 0.262 e. The number of imidazole rings is 1. The molecule has 1 atom stereocenters. The number of hydrogen-bond acceptors (Lipinski definition) is 7. The van der Waals surface area contributed by atoms with Gasteiger partial charge in [-0.3, -0.25) is 4.79 Å². The van der Waals surface area contributed by atoms with E-state index >= 15 is 0 Å².